The lowest BCUT2D eigenvalue weighted by atomic mass is 10.1. The van der Waals surface area contributed by atoms with Gasteiger partial charge in [-0.05, 0) is 45.7 Å². The predicted molar refractivity (Wildman–Crippen MR) is 77.7 cm³/mol. The summed E-state index contributed by atoms with van der Waals surface area (Å²) in [5.74, 6) is 0.191. The fourth-order valence-electron chi connectivity index (χ4n) is 2.49. The maximum absolute atomic E-state index is 11.9. The third kappa shape index (κ3) is 5.77. The summed E-state index contributed by atoms with van der Waals surface area (Å²) in [4.78, 5) is 2.38. The highest BCUT2D eigenvalue weighted by Gasteiger charge is 2.22. The molecule has 0 spiro atoms. The van der Waals surface area contributed by atoms with E-state index in [1.807, 2.05) is 0 Å². The summed E-state index contributed by atoms with van der Waals surface area (Å²) >= 11 is 0. The molecule has 1 saturated heterocycles. The Hall–Kier alpha value is -0.170. The first-order valence-corrected chi connectivity index (χ1v) is 9.17. The summed E-state index contributed by atoms with van der Waals surface area (Å²) in [7, 11) is -3.12. The van der Waals surface area contributed by atoms with E-state index in [1.54, 1.807) is 0 Å². The Kier molecular flexibility index (Phi) is 5.62. The van der Waals surface area contributed by atoms with E-state index in [0.717, 1.165) is 13.1 Å². The zero-order chi connectivity index (χ0) is 13.7. The molecular formula is C13H27N3O2S. The normalized spacial score (nSPS) is 23.4. The number of hydrogen-bond acceptors (Lipinski definition) is 4. The van der Waals surface area contributed by atoms with Crippen molar-refractivity contribution in [1.82, 2.24) is 14.9 Å². The van der Waals surface area contributed by atoms with Crippen molar-refractivity contribution < 1.29 is 8.42 Å². The lowest BCUT2D eigenvalue weighted by molar-refractivity contribution is 0.175. The van der Waals surface area contributed by atoms with Crippen LogP contribution in [0, 0.1) is 0 Å². The molecule has 2 N–H and O–H groups in total. The molecule has 0 radical (unpaired) electrons. The van der Waals surface area contributed by atoms with Gasteiger partial charge in [0, 0.05) is 25.2 Å². The summed E-state index contributed by atoms with van der Waals surface area (Å²) in [6.07, 6.45) is 6.17. The molecule has 6 heteroatoms. The first-order valence-electron chi connectivity index (χ1n) is 7.51. The summed E-state index contributed by atoms with van der Waals surface area (Å²) in [5, 5.41) is 3.23. The zero-order valence-electron chi connectivity index (χ0n) is 11.9. The van der Waals surface area contributed by atoms with E-state index in [-0.39, 0.29) is 5.75 Å². The smallest absolute Gasteiger partial charge is 0.212 e. The first-order chi connectivity index (χ1) is 9.07. The van der Waals surface area contributed by atoms with E-state index >= 15 is 0 Å². The SMILES string of the molecule is CC(CNS(=O)(=O)CCNC1CC1)N1CCCCC1. The van der Waals surface area contributed by atoms with Crippen LogP contribution in [0.15, 0.2) is 0 Å². The quantitative estimate of drug-likeness (QED) is 0.684. The van der Waals surface area contributed by atoms with Gasteiger partial charge in [-0.2, -0.15) is 0 Å². The van der Waals surface area contributed by atoms with Crippen molar-refractivity contribution in [3.8, 4) is 0 Å². The van der Waals surface area contributed by atoms with Gasteiger partial charge in [-0.1, -0.05) is 6.42 Å². The highest BCUT2D eigenvalue weighted by molar-refractivity contribution is 7.89. The molecule has 112 valence electrons. The number of nitrogens with zero attached hydrogens (tertiary/aromatic N) is 1. The van der Waals surface area contributed by atoms with Gasteiger partial charge in [-0.3, -0.25) is 4.90 Å². The van der Waals surface area contributed by atoms with Gasteiger partial charge in [0.25, 0.3) is 0 Å². The molecule has 0 aromatic rings. The van der Waals surface area contributed by atoms with Crippen LogP contribution in [-0.2, 0) is 10.0 Å². The van der Waals surface area contributed by atoms with E-state index in [0.29, 0.717) is 25.2 Å². The van der Waals surface area contributed by atoms with Crippen LogP contribution in [-0.4, -0.2) is 57.3 Å². The monoisotopic (exact) mass is 289 g/mol. The van der Waals surface area contributed by atoms with Crippen molar-refractivity contribution in [3.63, 3.8) is 0 Å². The molecule has 0 amide bonds. The topological polar surface area (TPSA) is 61.4 Å². The Balaban J connectivity index is 1.63. The number of hydrogen-bond donors (Lipinski definition) is 2. The van der Waals surface area contributed by atoms with Gasteiger partial charge >= 0.3 is 0 Å². The fraction of sp³-hybridized carbons (Fsp3) is 1.00. The minimum atomic E-state index is -3.12. The molecule has 2 fully saturated rings. The molecule has 19 heavy (non-hydrogen) atoms. The third-order valence-electron chi connectivity index (χ3n) is 3.99. The van der Waals surface area contributed by atoms with Crippen molar-refractivity contribution in [3.05, 3.63) is 0 Å². The predicted octanol–water partition coefficient (Wildman–Crippen LogP) is 0.532. The van der Waals surface area contributed by atoms with Crippen LogP contribution in [0.25, 0.3) is 0 Å². The molecule has 2 aliphatic rings. The highest BCUT2D eigenvalue weighted by atomic mass is 32.2. The summed E-state index contributed by atoms with van der Waals surface area (Å²) in [5.41, 5.74) is 0. The van der Waals surface area contributed by atoms with Crippen molar-refractivity contribution >= 4 is 10.0 Å². The minimum absolute atomic E-state index is 0.191. The maximum Gasteiger partial charge on any atom is 0.212 e. The van der Waals surface area contributed by atoms with Crippen molar-refractivity contribution in [1.29, 1.82) is 0 Å². The second kappa shape index (κ2) is 7.02. The molecule has 1 heterocycles. The molecule has 2 rings (SSSR count). The zero-order valence-corrected chi connectivity index (χ0v) is 12.7. The van der Waals surface area contributed by atoms with E-state index in [2.05, 4.69) is 21.9 Å². The van der Waals surface area contributed by atoms with Crippen molar-refractivity contribution in [2.45, 2.75) is 51.1 Å². The van der Waals surface area contributed by atoms with E-state index in [4.69, 9.17) is 0 Å². The van der Waals surface area contributed by atoms with E-state index in [9.17, 15) is 8.42 Å². The van der Waals surface area contributed by atoms with Crippen LogP contribution >= 0.6 is 0 Å². The highest BCUT2D eigenvalue weighted by Crippen LogP contribution is 2.18. The van der Waals surface area contributed by atoms with Crippen LogP contribution in [0.3, 0.4) is 0 Å². The lowest BCUT2D eigenvalue weighted by Crippen LogP contribution is -2.45. The van der Waals surface area contributed by atoms with E-state index in [1.165, 1.54) is 32.1 Å². The number of rotatable bonds is 8. The fourth-order valence-corrected chi connectivity index (χ4v) is 3.52. The number of likely N-dealkylation sites (tertiary alicyclic amines) is 1. The standard InChI is InChI=1S/C13H27N3O2S/c1-12(16-8-3-2-4-9-16)11-15-19(17,18)10-7-14-13-5-6-13/h12-15H,2-11H2,1H3. The average Bonchev–Trinajstić information content (AvgIpc) is 3.21. The molecule has 1 aliphatic carbocycles. The van der Waals surface area contributed by atoms with Gasteiger partial charge < -0.3 is 5.32 Å². The maximum atomic E-state index is 11.9. The summed E-state index contributed by atoms with van der Waals surface area (Å²) in [6.45, 7) is 5.42. The van der Waals surface area contributed by atoms with Crippen LogP contribution < -0.4 is 10.0 Å². The van der Waals surface area contributed by atoms with E-state index < -0.39 is 10.0 Å². The summed E-state index contributed by atoms with van der Waals surface area (Å²) < 4.78 is 26.4. The Bertz CT molecular complexity index is 362. The minimum Gasteiger partial charge on any atom is -0.313 e. The number of nitrogens with one attached hydrogen (secondary N) is 2. The molecule has 0 bridgehead atoms. The van der Waals surface area contributed by atoms with Gasteiger partial charge in [-0.15, -0.1) is 0 Å². The van der Waals surface area contributed by atoms with Crippen LogP contribution in [0.2, 0.25) is 0 Å². The molecule has 1 atom stereocenters. The van der Waals surface area contributed by atoms with Gasteiger partial charge in [0.05, 0.1) is 5.75 Å². The third-order valence-corrected chi connectivity index (χ3v) is 5.34. The largest absolute Gasteiger partial charge is 0.313 e. The van der Waals surface area contributed by atoms with Crippen LogP contribution in [0.4, 0.5) is 0 Å². The Morgan fingerprint density at radius 2 is 1.89 bits per heavy atom. The molecule has 1 aliphatic heterocycles. The second-order valence-corrected chi connectivity index (χ2v) is 7.77. The molecule has 5 nitrogen and oxygen atoms in total. The Morgan fingerprint density at radius 3 is 2.53 bits per heavy atom. The van der Waals surface area contributed by atoms with Gasteiger partial charge in [0.15, 0.2) is 0 Å². The van der Waals surface area contributed by atoms with Crippen molar-refractivity contribution in [2.75, 3.05) is 31.9 Å². The number of piperidine rings is 1. The van der Waals surface area contributed by atoms with Gasteiger partial charge in [0.1, 0.15) is 0 Å². The molecule has 0 aromatic carbocycles. The van der Waals surface area contributed by atoms with Crippen LogP contribution in [0.5, 0.6) is 0 Å². The van der Waals surface area contributed by atoms with Gasteiger partial charge in [0.2, 0.25) is 10.0 Å². The second-order valence-electron chi connectivity index (χ2n) is 5.84. The molecular weight excluding hydrogens is 262 g/mol. The van der Waals surface area contributed by atoms with Crippen LogP contribution in [0.1, 0.15) is 39.0 Å². The lowest BCUT2D eigenvalue weighted by Gasteiger charge is -2.32. The molecule has 1 unspecified atom stereocenters. The molecule has 1 saturated carbocycles. The summed E-state index contributed by atoms with van der Waals surface area (Å²) in [6, 6.07) is 0.869. The average molecular weight is 289 g/mol. The van der Waals surface area contributed by atoms with Gasteiger partial charge in [-0.25, -0.2) is 13.1 Å². The first kappa shape index (κ1) is 15.2. The Morgan fingerprint density at radius 1 is 1.21 bits per heavy atom. The number of sulfonamides is 1. The Labute approximate surface area is 117 Å². The molecule has 0 aromatic heterocycles. The van der Waals surface area contributed by atoms with Crippen molar-refractivity contribution in [2.24, 2.45) is 0 Å².